The molecule has 0 fully saturated rings. The molecule has 1 amide bonds. The van der Waals surface area contributed by atoms with E-state index >= 15 is 0 Å². The van der Waals surface area contributed by atoms with Crippen LogP contribution >= 0.6 is 0 Å². The van der Waals surface area contributed by atoms with Crippen LogP contribution in [0.4, 0.5) is 13.2 Å². The summed E-state index contributed by atoms with van der Waals surface area (Å²) >= 11 is 0. The number of primary amides is 1. The van der Waals surface area contributed by atoms with Crippen molar-refractivity contribution in [1.29, 1.82) is 0 Å². The first-order chi connectivity index (χ1) is 4.04. The number of allylic oxidation sites excluding steroid dienone is 1. The van der Waals surface area contributed by atoms with Crippen LogP contribution in [0, 0.1) is 0 Å². The van der Waals surface area contributed by atoms with Crippen molar-refractivity contribution < 1.29 is 18.0 Å². The van der Waals surface area contributed by atoms with Crippen LogP contribution in [0.2, 0.25) is 0 Å². The van der Waals surface area contributed by atoms with Crippen LogP contribution in [0.25, 0.3) is 0 Å². The van der Waals surface area contributed by atoms with E-state index in [0.717, 1.165) is 0 Å². The van der Waals surface area contributed by atoms with Crippen LogP contribution < -0.4 is 5.73 Å². The monoisotopic (exact) mass is 139 g/mol. The quantitative estimate of drug-likeness (QED) is 0.559. The summed E-state index contributed by atoms with van der Waals surface area (Å²) in [5, 5.41) is 0. The van der Waals surface area contributed by atoms with Gasteiger partial charge in [0.05, 0.1) is 0 Å². The van der Waals surface area contributed by atoms with Crippen molar-refractivity contribution in [3.05, 3.63) is 11.9 Å². The van der Waals surface area contributed by atoms with E-state index < -0.39 is 18.2 Å². The van der Waals surface area contributed by atoms with Crippen LogP contribution in [0.1, 0.15) is 0 Å². The Morgan fingerprint density at radius 3 is 2.11 bits per heavy atom. The number of hydrogen-bond acceptors (Lipinski definition) is 1. The molecular weight excluding hydrogens is 135 g/mol. The maximum atomic E-state index is 11.7. The molecule has 0 aliphatic rings. The second-order valence-corrected chi connectivity index (χ2v) is 1.21. The first-order valence-electron chi connectivity index (χ1n) is 1.99. The lowest BCUT2D eigenvalue weighted by molar-refractivity contribution is -0.116. The van der Waals surface area contributed by atoms with Crippen LogP contribution in [0.3, 0.4) is 0 Å². The molecule has 0 atom stereocenters. The van der Waals surface area contributed by atoms with E-state index in [1.807, 2.05) is 0 Å². The number of amides is 1. The number of carbonyl (C=O) groups excluding carboxylic acids is 1. The second-order valence-electron chi connectivity index (χ2n) is 1.21. The van der Waals surface area contributed by atoms with E-state index in [9.17, 15) is 18.0 Å². The predicted molar refractivity (Wildman–Crippen MR) is 24.4 cm³/mol. The fourth-order valence-electron chi connectivity index (χ4n) is 0.193. The minimum Gasteiger partial charge on any atom is -0.364 e. The van der Waals surface area contributed by atoms with Gasteiger partial charge in [0.25, 0.3) is 12.3 Å². The molecule has 52 valence electrons. The molecule has 5 heteroatoms. The zero-order valence-electron chi connectivity index (χ0n) is 4.27. The zero-order chi connectivity index (χ0) is 7.44. The summed E-state index contributed by atoms with van der Waals surface area (Å²) in [6, 6.07) is 0. The number of alkyl halides is 2. The minimum atomic E-state index is -2.97. The van der Waals surface area contributed by atoms with E-state index in [2.05, 4.69) is 5.73 Å². The first-order valence-corrected chi connectivity index (χ1v) is 1.99. The Bertz CT molecular complexity index is 143. The summed E-state index contributed by atoms with van der Waals surface area (Å²) in [6.45, 7) is 0. The molecule has 2 N–H and O–H groups in total. The molecule has 0 heterocycles. The van der Waals surface area contributed by atoms with Gasteiger partial charge in [-0.1, -0.05) is 0 Å². The Morgan fingerprint density at radius 2 is 2.00 bits per heavy atom. The molecule has 0 aromatic heterocycles. The third kappa shape index (κ3) is 3.57. The molecule has 0 aliphatic carbocycles. The Labute approximate surface area is 49.1 Å². The Hall–Kier alpha value is -1.00. The van der Waals surface area contributed by atoms with Crippen molar-refractivity contribution in [3.63, 3.8) is 0 Å². The van der Waals surface area contributed by atoms with Gasteiger partial charge in [0.1, 0.15) is 0 Å². The van der Waals surface area contributed by atoms with E-state index in [4.69, 9.17) is 0 Å². The summed E-state index contributed by atoms with van der Waals surface area (Å²) < 4.78 is 33.9. The van der Waals surface area contributed by atoms with Crippen molar-refractivity contribution in [2.24, 2.45) is 5.73 Å². The molecule has 0 saturated heterocycles. The summed E-state index contributed by atoms with van der Waals surface area (Å²) in [4.78, 5) is 9.68. The fraction of sp³-hybridized carbons (Fsp3) is 0.250. The largest absolute Gasteiger partial charge is 0.364 e. The van der Waals surface area contributed by atoms with E-state index in [-0.39, 0.29) is 6.08 Å². The van der Waals surface area contributed by atoms with Gasteiger partial charge in [-0.05, 0) is 0 Å². The highest BCUT2D eigenvalue weighted by Crippen LogP contribution is 2.01. The molecule has 0 aromatic rings. The predicted octanol–water partition coefficient (Wildman–Crippen LogP) is 0.590. The van der Waals surface area contributed by atoms with Gasteiger partial charge in [0, 0.05) is 6.08 Å². The zero-order valence-corrected chi connectivity index (χ0v) is 4.27. The van der Waals surface area contributed by atoms with Gasteiger partial charge in [0.2, 0.25) is 0 Å². The fourth-order valence-corrected chi connectivity index (χ4v) is 0.193. The summed E-state index contributed by atoms with van der Waals surface area (Å²) in [5.41, 5.74) is 4.27. The number of rotatable bonds is 2. The summed E-state index contributed by atoms with van der Waals surface area (Å²) in [5.74, 6) is -3.08. The molecule has 0 aromatic carbocycles. The molecule has 0 aliphatic heterocycles. The van der Waals surface area contributed by atoms with Crippen molar-refractivity contribution >= 4 is 5.91 Å². The molecule has 0 saturated carbocycles. The SMILES string of the molecule is NC(=O)/C(F)=C/C(F)F. The average Bonchev–Trinajstić information content (AvgIpc) is 1.63. The van der Waals surface area contributed by atoms with Crippen molar-refractivity contribution in [3.8, 4) is 0 Å². The molecule has 0 spiro atoms. The van der Waals surface area contributed by atoms with Crippen molar-refractivity contribution in [2.45, 2.75) is 6.43 Å². The normalized spacial score (nSPS) is 12.2. The lowest BCUT2D eigenvalue weighted by atomic mass is 10.4. The van der Waals surface area contributed by atoms with Crippen molar-refractivity contribution in [2.75, 3.05) is 0 Å². The first kappa shape index (κ1) is 8.00. The third-order valence-electron chi connectivity index (χ3n) is 0.508. The van der Waals surface area contributed by atoms with Gasteiger partial charge < -0.3 is 5.73 Å². The smallest absolute Gasteiger partial charge is 0.277 e. The molecule has 9 heavy (non-hydrogen) atoms. The van der Waals surface area contributed by atoms with Gasteiger partial charge >= 0.3 is 0 Å². The van der Waals surface area contributed by atoms with Crippen LogP contribution in [0.5, 0.6) is 0 Å². The minimum absolute atomic E-state index is 0.150. The van der Waals surface area contributed by atoms with E-state index in [1.165, 1.54) is 0 Å². The highest BCUT2D eigenvalue weighted by molar-refractivity contribution is 5.89. The van der Waals surface area contributed by atoms with Crippen LogP contribution in [-0.2, 0) is 4.79 Å². The lowest BCUT2D eigenvalue weighted by Crippen LogP contribution is -2.11. The Balaban J connectivity index is 4.00. The van der Waals surface area contributed by atoms with Crippen LogP contribution in [0.15, 0.2) is 11.9 Å². The standard InChI is InChI=1S/C4H4F3NO/c5-2(4(8)9)1-3(6)7/h1,3H,(H2,8,9)/b2-1-. The molecule has 0 rings (SSSR count). The molecule has 2 nitrogen and oxygen atoms in total. The number of hydrogen-bond donors (Lipinski definition) is 1. The Kier molecular flexibility index (Phi) is 2.77. The average molecular weight is 139 g/mol. The maximum Gasteiger partial charge on any atom is 0.277 e. The molecule has 0 radical (unpaired) electrons. The summed E-state index contributed by atoms with van der Waals surface area (Å²) in [7, 11) is 0. The molecule has 0 bridgehead atoms. The van der Waals surface area contributed by atoms with E-state index in [1.54, 1.807) is 0 Å². The highest BCUT2D eigenvalue weighted by atomic mass is 19.3. The number of halogens is 3. The van der Waals surface area contributed by atoms with Gasteiger partial charge in [-0.2, -0.15) is 0 Å². The molecular formula is C4H4F3NO. The van der Waals surface area contributed by atoms with Gasteiger partial charge in [-0.25, -0.2) is 13.2 Å². The van der Waals surface area contributed by atoms with Gasteiger partial charge in [-0.3, -0.25) is 4.79 Å². The topological polar surface area (TPSA) is 43.1 Å². The summed E-state index contributed by atoms with van der Waals surface area (Å²) in [6.07, 6.45) is -3.13. The maximum absolute atomic E-state index is 11.7. The number of nitrogens with two attached hydrogens (primary N) is 1. The highest BCUT2D eigenvalue weighted by Gasteiger charge is 2.05. The van der Waals surface area contributed by atoms with Crippen molar-refractivity contribution in [1.82, 2.24) is 0 Å². The molecule has 0 unspecified atom stereocenters. The second kappa shape index (κ2) is 3.11. The van der Waals surface area contributed by atoms with Crippen LogP contribution in [-0.4, -0.2) is 12.3 Å². The third-order valence-corrected chi connectivity index (χ3v) is 0.508. The van der Waals surface area contributed by atoms with Gasteiger partial charge in [0.15, 0.2) is 5.83 Å². The number of carbonyl (C=O) groups is 1. The lowest BCUT2D eigenvalue weighted by Gasteiger charge is -1.87. The van der Waals surface area contributed by atoms with Gasteiger partial charge in [-0.15, -0.1) is 0 Å². The van der Waals surface area contributed by atoms with E-state index in [0.29, 0.717) is 0 Å². The Morgan fingerprint density at radius 1 is 1.56 bits per heavy atom.